The Labute approximate surface area is 218 Å². The normalized spacial score (nSPS) is 5.47. The summed E-state index contributed by atoms with van der Waals surface area (Å²) < 4.78 is 0. The summed E-state index contributed by atoms with van der Waals surface area (Å²) in [4.78, 5) is 9.34. The second kappa shape index (κ2) is 51.1. The molecule has 0 spiro atoms. The van der Waals surface area contributed by atoms with Crippen LogP contribution in [0.4, 0.5) is 0 Å². The summed E-state index contributed by atoms with van der Waals surface area (Å²) >= 11 is 0. The Morgan fingerprint density at radius 1 is 1.20 bits per heavy atom. The van der Waals surface area contributed by atoms with Crippen LogP contribution in [0.25, 0.3) is 0 Å². The third-order valence-electron chi connectivity index (χ3n) is 0.341. The SMILES string of the molecule is C[C@H](O)C(=O)[O-].O.[Ca+2].[Cl-].[Cl-].[K+].[Na+].[Na+].[OH-].[OH-]. The summed E-state index contributed by atoms with van der Waals surface area (Å²) in [7, 11) is 0. The van der Waals surface area contributed by atoms with E-state index in [1.54, 1.807) is 0 Å². The standard InChI is InChI=1S/C3H6O3.Ca.2ClH.K.2Na.3H2O/c1-2(4)3(5)6;;;;;;;;;/h2,4H,1H3,(H,5,6);;2*1H;;;;3*1H2/q;+2;;;3*+1;;;/p-5/t2-;;;;;;;;;/m0........./s1. The number of carboxylic acid groups (broad SMARTS) is 1. The van der Waals surface area contributed by atoms with E-state index in [0.29, 0.717) is 0 Å². The molecule has 0 unspecified atom stereocenters. The number of carbonyl (C=O) groups is 1. The van der Waals surface area contributed by atoms with Crippen LogP contribution in [0.15, 0.2) is 0 Å². The molecule has 0 rings (SSSR count). The van der Waals surface area contributed by atoms with Gasteiger partial charge in [-0.15, -0.1) is 0 Å². The van der Waals surface area contributed by atoms with Gasteiger partial charge in [0.2, 0.25) is 0 Å². The van der Waals surface area contributed by atoms with Crippen molar-refractivity contribution in [3.8, 4) is 0 Å². The van der Waals surface area contributed by atoms with Crippen molar-refractivity contribution in [3.63, 3.8) is 0 Å². The zero-order valence-corrected chi connectivity index (χ0v) is 20.0. The van der Waals surface area contributed by atoms with E-state index in [1.807, 2.05) is 0 Å². The molecule has 0 bridgehead atoms. The number of hydrogen-bond donors (Lipinski definition) is 1. The fourth-order valence-electron chi connectivity index (χ4n) is 0. The van der Waals surface area contributed by atoms with Gasteiger partial charge in [-0.05, 0) is 6.92 Å². The van der Waals surface area contributed by atoms with Crippen molar-refractivity contribution >= 4 is 43.7 Å². The zero-order valence-electron chi connectivity index (χ0n) is 9.20. The van der Waals surface area contributed by atoms with Crippen LogP contribution in [-0.2, 0) is 4.79 Å². The van der Waals surface area contributed by atoms with Crippen molar-refractivity contribution in [2.24, 2.45) is 0 Å². The summed E-state index contributed by atoms with van der Waals surface area (Å²) in [6, 6.07) is 0. The number of aliphatic hydroxyl groups is 1. The molecule has 0 aliphatic heterocycles. The molecular formula is C3H9CaCl2KNa2O6. The summed E-state index contributed by atoms with van der Waals surface area (Å²) in [5, 5.41) is 17.3. The molecule has 0 aromatic heterocycles. The Balaban J connectivity index is -0.00000000347. The van der Waals surface area contributed by atoms with Crippen LogP contribution in [0.1, 0.15) is 6.92 Å². The molecule has 1 atom stereocenters. The molecule has 0 saturated heterocycles. The van der Waals surface area contributed by atoms with Gasteiger partial charge in [-0.1, -0.05) is 0 Å². The number of rotatable bonds is 1. The van der Waals surface area contributed by atoms with E-state index in [9.17, 15) is 9.90 Å². The monoisotopic (exact) mass is 336 g/mol. The number of carbonyl (C=O) groups excluding carboxylic acids is 1. The van der Waals surface area contributed by atoms with Gasteiger partial charge in [0, 0.05) is 0 Å². The second-order valence-electron chi connectivity index (χ2n) is 0.995. The average molecular weight is 337 g/mol. The van der Waals surface area contributed by atoms with E-state index in [-0.39, 0.29) is 189 Å². The maximum atomic E-state index is 9.34. The van der Waals surface area contributed by atoms with Crippen molar-refractivity contribution < 1.29 is 167 Å². The average Bonchev–Trinajstić information content (AvgIpc) is 1.36. The molecule has 76 valence electrons. The first-order valence-corrected chi connectivity index (χ1v) is 1.53. The molecule has 0 aromatic carbocycles. The molecule has 0 fully saturated rings. The third-order valence-corrected chi connectivity index (χ3v) is 0.341. The molecular weight excluding hydrogens is 328 g/mol. The van der Waals surface area contributed by atoms with Crippen LogP contribution in [-0.4, -0.2) is 71.3 Å². The van der Waals surface area contributed by atoms with E-state index in [0.717, 1.165) is 6.92 Å². The molecule has 0 aromatic rings. The molecule has 0 amide bonds. The molecule has 15 heavy (non-hydrogen) atoms. The first-order valence-electron chi connectivity index (χ1n) is 1.53. The molecule has 12 heteroatoms. The molecule has 5 N–H and O–H groups in total. The molecule has 0 aliphatic carbocycles. The predicted octanol–water partition coefficient (Wildman–Crippen LogP) is -18.4. The van der Waals surface area contributed by atoms with Gasteiger partial charge in [-0.2, -0.15) is 0 Å². The number of hydrogen-bond acceptors (Lipinski definition) is 5. The number of aliphatic hydroxyl groups excluding tert-OH is 1. The summed E-state index contributed by atoms with van der Waals surface area (Å²) in [6.07, 6.45) is -1.34. The fourth-order valence-corrected chi connectivity index (χ4v) is 0. The molecule has 0 heterocycles. The van der Waals surface area contributed by atoms with Crippen molar-refractivity contribution in [1.29, 1.82) is 0 Å². The van der Waals surface area contributed by atoms with E-state index in [1.165, 1.54) is 0 Å². The van der Waals surface area contributed by atoms with Gasteiger partial charge in [0.05, 0.1) is 12.1 Å². The van der Waals surface area contributed by atoms with Crippen molar-refractivity contribution in [2.45, 2.75) is 13.0 Å². The van der Waals surface area contributed by atoms with Crippen molar-refractivity contribution in [3.05, 3.63) is 0 Å². The number of halogens is 2. The van der Waals surface area contributed by atoms with Gasteiger partial charge < -0.3 is 56.3 Å². The van der Waals surface area contributed by atoms with Crippen LogP contribution in [0.5, 0.6) is 0 Å². The Kier molecular flexibility index (Phi) is 248. The Bertz CT molecular complexity index is 85.4. The fraction of sp³-hybridized carbons (Fsp3) is 0.667. The van der Waals surface area contributed by atoms with Gasteiger partial charge in [0.15, 0.2) is 0 Å². The largest absolute Gasteiger partial charge is 2.00 e. The smallest absolute Gasteiger partial charge is 1.00 e. The minimum Gasteiger partial charge on any atom is -1.00 e. The van der Waals surface area contributed by atoms with Crippen LogP contribution in [0.2, 0.25) is 0 Å². The van der Waals surface area contributed by atoms with E-state index >= 15 is 0 Å². The van der Waals surface area contributed by atoms with E-state index in [4.69, 9.17) is 5.11 Å². The van der Waals surface area contributed by atoms with Gasteiger partial charge in [0.1, 0.15) is 0 Å². The molecule has 0 saturated carbocycles. The topological polar surface area (TPSA) is 152 Å². The van der Waals surface area contributed by atoms with Gasteiger partial charge in [0.25, 0.3) is 0 Å². The Hall–Kier alpha value is 4.79. The molecule has 0 aliphatic rings. The van der Waals surface area contributed by atoms with Gasteiger partial charge in [-0.3, -0.25) is 0 Å². The number of carboxylic acids is 1. The van der Waals surface area contributed by atoms with Gasteiger partial charge in [-0.25, -0.2) is 0 Å². The van der Waals surface area contributed by atoms with Crippen molar-refractivity contribution in [1.82, 2.24) is 0 Å². The molecule has 6 nitrogen and oxygen atoms in total. The Morgan fingerprint density at radius 3 is 1.27 bits per heavy atom. The minimum atomic E-state index is -1.44. The van der Waals surface area contributed by atoms with Crippen LogP contribution in [0, 0.1) is 0 Å². The van der Waals surface area contributed by atoms with E-state index < -0.39 is 12.1 Å². The summed E-state index contributed by atoms with van der Waals surface area (Å²) in [5.74, 6) is -1.44. The first kappa shape index (κ1) is 72.9. The van der Waals surface area contributed by atoms with E-state index in [2.05, 4.69) is 0 Å². The summed E-state index contributed by atoms with van der Waals surface area (Å²) in [5.41, 5.74) is 0. The zero-order chi connectivity index (χ0) is 5.15. The van der Waals surface area contributed by atoms with Crippen LogP contribution < -0.4 is 140 Å². The quantitative estimate of drug-likeness (QED) is 0.471. The van der Waals surface area contributed by atoms with Gasteiger partial charge >= 0.3 is 148 Å². The summed E-state index contributed by atoms with van der Waals surface area (Å²) in [6.45, 7) is 1.13. The maximum absolute atomic E-state index is 9.34. The first-order chi connectivity index (χ1) is 2.64. The predicted molar refractivity (Wildman–Crippen MR) is 29.9 cm³/mol. The van der Waals surface area contributed by atoms with Crippen LogP contribution >= 0.6 is 0 Å². The third kappa shape index (κ3) is 68.6. The van der Waals surface area contributed by atoms with Crippen LogP contribution in [0.3, 0.4) is 0 Å². The maximum Gasteiger partial charge on any atom is 2.00 e. The minimum absolute atomic E-state index is 0. The number of aliphatic carboxylic acids is 1. The Morgan fingerprint density at radius 2 is 1.27 bits per heavy atom. The van der Waals surface area contributed by atoms with Crippen molar-refractivity contribution in [2.75, 3.05) is 0 Å². The molecule has 0 radical (unpaired) electrons. The second-order valence-corrected chi connectivity index (χ2v) is 0.995.